The molecule has 2 aliphatic carbocycles. The van der Waals surface area contributed by atoms with Crippen molar-refractivity contribution in [1.82, 2.24) is 4.57 Å². The Labute approximate surface area is 282 Å². The number of fused-ring (bicyclic) bond motifs is 10. The molecule has 0 atom stereocenters. The number of hydrogen-bond acceptors (Lipinski definition) is 0. The summed E-state index contributed by atoms with van der Waals surface area (Å²) in [5, 5.41) is 10.4. The van der Waals surface area contributed by atoms with Gasteiger partial charge in [-0.3, -0.25) is 0 Å². The molecule has 9 aromatic carbocycles. The van der Waals surface area contributed by atoms with E-state index in [2.05, 4.69) is 168 Å². The highest BCUT2D eigenvalue weighted by Crippen LogP contribution is 2.52. The molecule has 224 valence electrons. The van der Waals surface area contributed by atoms with Crippen LogP contribution in [0.5, 0.6) is 0 Å². The molecule has 0 fully saturated rings. The molecule has 0 saturated carbocycles. The van der Waals surface area contributed by atoms with Crippen LogP contribution in [0.25, 0.3) is 115 Å². The van der Waals surface area contributed by atoms with Crippen LogP contribution in [-0.2, 0) is 0 Å². The Morgan fingerprint density at radius 2 is 0.796 bits per heavy atom. The first-order valence-corrected chi connectivity index (χ1v) is 17.1. The summed E-state index contributed by atoms with van der Waals surface area (Å²) in [4.78, 5) is 0. The van der Waals surface area contributed by atoms with Crippen molar-refractivity contribution < 1.29 is 0 Å². The summed E-state index contributed by atoms with van der Waals surface area (Å²) in [7, 11) is 0. The van der Waals surface area contributed by atoms with Crippen LogP contribution in [0, 0.1) is 0 Å². The SMILES string of the molecule is c1ccc2c(c1)-c1cccc3c(-c4ccc(-n5c6ccccc6c6cc7c(cc65)-c5cccc6cccc-7c56)c5ccccc45)ccc-2c13. The van der Waals surface area contributed by atoms with Gasteiger partial charge in [0.15, 0.2) is 0 Å². The van der Waals surface area contributed by atoms with Gasteiger partial charge in [-0.25, -0.2) is 0 Å². The lowest BCUT2D eigenvalue weighted by Crippen LogP contribution is -1.97. The van der Waals surface area contributed by atoms with E-state index in [1.807, 2.05) is 0 Å². The maximum absolute atomic E-state index is 2.50. The molecule has 10 aromatic rings. The molecule has 49 heavy (non-hydrogen) atoms. The van der Waals surface area contributed by atoms with Gasteiger partial charge in [0.2, 0.25) is 0 Å². The topological polar surface area (TPSA) is 4.93 Å². The van der Waals surface area contributed by atoms with Crippen molar-refractivity contribution in [2.45, 2.75) is 0 Å². The Kier molecular flexibility index (Phi) is 4.77. The molecule has 1 nitrogen and oxygen atoms in total. The third kappa shape index (κ3) is 3.20. The zero-order valence-corrected chi connectivity index (χ0v) is 26.5. The third-order valence-corrected chi connectivity index (χ3v) is 11.3. The second-order valence-electron chi connectivity index (χ2n) is 13.6. The fraction of sp³-hybridized carbons (Fsp3) is 0. The van der Waals surface area contributed by atoms with Crippen LogP contribution in [0.1, 0.15) is 0 Å². The van der Waals surface area contributed by atoms with Crippen molar-refractivity contribution in [3.63, 3.8) is 0 Å². The van der Waals surface area contributed by atoms with Crippen LogP contribution in [-0.4, -0.2) is 4.57 Å². The maximum Gasteiger partial charge on any atom is 0.0547 e. The van der Waals surface area contributed by atoms with Crippen LogP contribution in [0.15, 0.2) is 164 Å². The smallest absolute Gasteiger partial charge is 0.0547 e. The minimum absolute atomic E-state index is 1.21. The van der Waals surface area contributed by atoms with E-state index < -0.39 is 0 Å². The monoisotopic (exact) mass is 617 g/mol. The Balaban J connectivity index is 1.14. The van der Waals surface area contributed by atoms with E-state index in [4.69, 9.17) is 0 Å². The van der Waals surface area contributed by atoms with E-state index in [1.165, 1.54) is 115 Å². The van der Waals surface area contributed by atoms with Crippen LogP contribution in [0.3, 0.4) is 0 Å². The molecule has 1 heteroatoms. The highest BCUT2D eigenvalue weighted by molar-refractivity contribution is 6.22. The van der Waals surface area contributed by atoms with Gasteiger partial charge in [0, 0.05) is 16.2 Å². The molecule has 1 aromatic heterocycles. The Hall–Kier alpha value is -6.44. The minimum atomic E-state index is 1.21. The molecule has 1 heterocycles. The minimum Gasteiger partial charge on any atom is -0.309 e. The van der Waals surface area contributed by atoms with Gasteiger partial charge in [0.25, 0.3) is 0 Å². The fourth-order valence-corrected chi connectivity index (χ4v) is 9.27. The fourth-order valence-electron chi connectivity index (χ4n) is 9.27. The molecule has 0 radical (unpaired) electrons. The molecule has 0 aliphatic heterocycles. The molecule has 0 saturated heterocycles. The quantitative estimate of drug-likeness (QED) is 0.182. The van der Waals surface area contributed by atoms with Crippen LogP contribution in [0.2, 0.25) is 0 Å². The number of nitrogens with zero attached hydrogens (tertiary/aromatic N) is 1. The van der Waals surface area contributed by atoms with Gasteiger partial charge < -0.3 is 4.57 Å². The summed E-state index contributed by atoms with van der Waals surface area (Å²) < 4.78 is 2.50. The normalized spacial score (nSPS) is 12.5. The van der Waals surface area contributed by atoms with Crippen molar-refractivity contribution in [1.29, 1.82) is 0 Å². The second kappa shape index (κ2) is 9.13. The van der Waals surface area contributed by atoms with Gasteiger partial charge >= 0.3 is 0 Å². The van der Waals surface area contributed by atoms with Crippen molar-refractivity contribution in [2.24, 2.45) is 0 Å². The first-order valence-electron chi connectivity index (χ1n) is 17.1. The molecule has 0 N–H and O–H groups in total. The predicted octanol–water partition coefficient (Wildman–Crippen LogP) is 13.2. The number of benzene rings is 9. The van der Waals surface area contributed by atoms with Crippen molar-refractivity contribution >= 4 is 54.1 Å². The molecule has 0 bridgehead atoms. The number of hydrogen-bond donors (Lipinski definition) is 0. The molecular weight excluding hydrogens is 591 g/mol. The van der Waals surface area contributed by atoms with Crippen LogP contribution >= 0.6 is 0 Å². The standard InChI is InChI=1S/C48H27N/c1-2-14-31-30(13-1)36-19-9-20-37-33(22-23-40(31)48(36)37)32-24-25-45(34-15-4-3-12-29(32)34)49-44-21-6-5-16-35(44)43-26-41-38-17-7-10-28-11-8-18-39(47(28)38)42(41)27-46(43)49/h1-27H. The lowest BCUT2D eigenvalue weighted by atomic mass is 9.91. The number of aromatic nitrogens is 1. The average molecular weight is 618 g/mol. The molecule has 0 unspecified atom stereocenters. The van der Waals surface area contributed by atoms with Gasteiger partial charge in [0.1, 0.15) is 0 Å². The first-order chi connectivity index (χ1) is 24.3. The second-order valence-corrected chi connectivity index (χ2v) is 13.6. The van der Waals surface area contributed by atoms with E-state index in [0.717, 1.165) is 0 Å². The molecule has 0 spiro atoms. The molecule has 0 amide bonds. The summed E-state index contributed by atoms with van der Waals surface area (Å²) in [6.07, 6.45) is 0. The zero-order chi connectivity index (χ0) is 31.8. The summed E-state index contributed by atoms with van der Waals surface area (Å²) in [5.41, 5.74) is 16.9. The third-order valence-electron chi connectivity index (χ3n) is 11.3. The number of rotatable bonds is 2. The molecule has 12 rings (SSSR count). The summed E-state index contributed by atoms with van der Waals surface area (Å²) >= 11 is 0. The molecular formula is C48H27N. The Morgan fingerprint density at radius 3 is 1.59 bits per heavy atom. The summed E-state index contributed by atoms with van der Waals surface area (Å²) in [6, 6.07) is 61.2. The number of para-hydroxylation sites is 1. The lowest BCUT2D eigenvalue weighted by molar-refractivity contribution is 1.20. The van der Waals surface area contributed by atoms with E-state index in [1.54, 1.807) is 0 Å². The maximum atomic E-state index is 2.50. The highest BCUT2D eigenvalue weighted by Gasteiger charge is 2.26. The van der Waals surface area contributed by atoms with Crippen LogP contribution in [0.4, 0.5) is 0 Å². The zero-order valence-electron chi connectivity index (χ0n) is 26.5. The van der Waals surface area contributed by atoms with E-state index >= 15 is 0 Å². The van der Waals surface area contributed by atoms with Gasteiger partial charge in [-0.15, -0.1) is 0 Å². The highest BCUT2D eigenvalue weighted by atomic mass is 15.0. The largest absolute Gasteiger partial charge is 0.309 e. The van der Waals surface area contributed by atoms with Gasteiger partial charge in [0.05, 0.1) is 16.7 Å². The Bertz CT molecular complexity index is 3070. The van der Waals surface area contributed by atoms with Crippen LogP contribution < -0.4 is 0 Å². The summed E-state index contributed by atoms with van der Waals surface area (Å²) in [6.45, 7) is 0. The van der Waals surface area contributed by atoms with Crippen molar-refractivity contribution in [3.8, 4) is 61.3 Å². The van der Waals surface area contributed by atoms with E-state index in [0.29, 0.717) is 0 Å². The average Bonchev–Trinajstić information content (AvgIpc) is 3.78. The van der Waals surface area contributed by atoms with Gasteiger partial charge in [-0.2, -0.15) is 0 Å². The van der Waals surface area contributed by atoms with Gasteiger partial charge in [-0.1, -0.05) is 140 Å². The lowest BCUT2D eigenvalue weighted by Gasteiger charge is -2.17. The van der Waals surface area contributed by atoms with E-state index in [-0.39, 0.29) is 0 Å². The first kappa shape index (κ1) is 25.6. The molecule has 2 aliphatic rings. The van der Waals surface area contributed by atoms with Crippen molar-refractivity contribution in [3.05, 3.63) is 164 Å². The predicted molar refractivity (Wildman–Crippen MR) is 208 cm³/mol. The van der Waals surface area contributed by atoms with Gasteiger partial charge in [-0.05, 0) is 107 Å². The van der Waals surface area contributed by atoms with Crippen molar-refractivity contribution in [2.75, 3.05) is 0 Å². The van der Waals surface area contributed by atoms with E-state index in [9.17, 15) is 0 Å². The summed E-state index contributed by atoms with van der Waals surface area (Å²) in [5.74, 6) is 0. The Morgan fingerprint density at radius 1 is 0.265 bits per heavy atom.